The number of rotatable bonds is 2. The number of nitrogens with two attached hydrogens (primary N) is 1. The van der Waals surface area contributed by atoms with E-state index < -0.39 is 12.2 Å². The molecule has 0 aliphatic rings. The maximum atomic E-state index is 12.2. The normalized spacial score (nSPS) is 14.0. The van der Waals surface area contributed by atoms with Gasteiger partial charge in [-0.15, -0.1) is 0 Å². The van der Waals surface area contributed by atoms with E-state index in [0.717, 1.165) is 0 Å². The maximum absolute atomic E-state index is 12.2. The van der Waals surface area contributed by atoms with E-state index in [1.54, 1.807) is 0 Å². The minimum atomic E-state index is -4.37. The third-order valence-electron chi connectivity index (χ3n) is 1.86. The zero-order valence-corrected chi connectivity index (χ0v) is 9.83. The molecule has 1 nitrogen and oxygen atoms in total. The number of benzene rings is 1. The molecule has 15 heavy (non-hydrogen) atoms. The maximum Gasteiger partial charge on any atom is 0.403 e. The van der Waals surface area contributed by atoms with Gasteiger partial charge in [0.25, 0.3) is 0 Å². The molecule has 1 aromatic rings. The van der Waals surface area contributed by atoms with Crippen molar-refractivity contribution < 1.29 is 13.2 Å². The van der Waals surface area contributed by atoms with E-state index in [4.69, 9.17) is 17.3 Å². The van der Waals surface area contributed by atoms with Gasteiger partial charge >= 0.3 is 6.18 Å². The largest absolute Gasteiger partial charge is 0.403 e. The van der Waals surface area contributed by atoms with Crippen LogP contribution in [-0.4, -0.2) is 12.2 Å². The molecule has 0 saturated heterocycles. The number of halogens is 5. The van der Waals surface area contributed by atoms with Gasteiger partial charge in [-0.3, -0.25) is 0 Å². The van der Waals surface area contributed by atoms with E-state index in [9.17, 15) is 13.2 Å². The van der Waals surface area contributed by atoms with Crippen molar-refractivity contribution >= 4 is 27.5 Å². The van der Waals surface area contributed by atoms with Crippen molar-refractivity contribution in [3.8, 4) is 0 Å². The van der Waals surface area contributed by atoms with Gasteiger partial charge in [0.1, 0.15) is 6.04 Å². The van der Waals surface area contributed by atoms with Crippen LogP contribution in [0.3, 0.4) is 0 Å². The van der Waals surface area contributed by atoms with Gasteiger partial charge in [-0.25, -0.2) is 0 Å². The van der Waals surface area contributed by atoms with Gasteiger partial charge in [-0.1, -0.05) is 17.7 Å². The molecule has 0 heterocycles. The third-order valence-corrected chi connectivity index (χ3v) is 3.07. The molecule has 0 radical (unpaired) electrons. The lowest BCUT2D eigenvalue weighted by molar-refractivity contribution is -0.147. The van der Waals surface area contributed by atoms with Crippen molar-refractivity contribution in [1.29, 1.82) is 0 Å². The highest BCUT2D eigenvalue weighted by atomic mass is 79.9. The highest BCUT2D eigenvalue weighted by Gasteiger charge is 2.36. The van der Waals surface area contributed by atoms with Crippen LogP contribution in [0, 0.1) is 0 Å². The Bertz CT molecular complexity index is 354. The number of alkyl halides is 3. The monoisotopic (exact) mass is 301 g/mol. The van der Waals surface area contributed by atoms with Crippen LogP contribution in [0.5, 0.6) is 0 Å². The summed E-state index contributed by atoms with van der Waals surface area (Å²) in [6, 6.07) is 2.75. The molecule has 0 bridgehead atoms. The van der Waals surface area contributed by atoms with Gasteiger partial charge in [-0.05, 0) is 40.0 Å². The fourth-order valence-corrected chi connectivity index (χ4v) is 1.58. The number of hydrogen-bond acceptors (Lipinski definition) is 1. The summed E-state index contributed by atoms with van der Waals surface area (Å²) in [4.78, 5) is 0. The standard InChI is InChI=1S/C9H8BrClF3N/c10-6-3-5(1-2-7(6)11)4-8(15)9(12,13)14/h1-3,8H,4,15H2. The minimum Gasteiger partial charge on any atom is -0.320 e. The lowest BCUT2D eigenvalue weighted by Gasteiger charge is -2.15. The van der Waals surface area contributed by atoms with E-state index in [1.807, 2.05) is 0 Å². The molecule has 2 N–H and O–H groups in total. The van der Waals surface area contributed by atoms with E-state index >= 15 is 0 Å². The van der Waals surface area contributed by atoms with Crippen molar-refractivity contribution in [3.63, 3.8) is 0 Å². The molecule has 1 unspecified atom stereocenters. The molecule has 1 aromatic carbocycles. The Labute approximate surface area is 98.5 Å². The highest BCUT2D eigenvalue weighted by molar-refractivity contribution is 9.10. The van der Waals surface area contributed by atoms with Crippen LogP contribution in [0.4, 0.5) is 13.2 Å². The van der Waals surface area contributed by atoms with Crippen molar-refractivity contribution in [1.82, 2.24) is 0 Å². The first-order valence-electron chi connectivity index (χ1n) is 4.07. The summed E-state index contributed by atoms with van der Waals surface area (Å²) in [7, 11) is 0. The quantitative estimate of drug-likeness (QED) is 0.888. The Balaban J connectivity index is 2.78. The van der Waals surface area contributed by atoms with Gasteiger partial charge in [0.2, 0.25) is 0 Å². The summed E-state index contributed by atoms with van der Waals surface area (Å²) >= 11 is 8.84. The zero-order valence-electron chi connectivity index (χ0n) is 7.48. The second-order valence-corrected chi connectivity index (χ2v) is 4.36. The summed E-state index contributed by atoms with van der Waals surface area (Å²) in [5.74, 6) is 0. The summed E-state index contributed by atoms with van der Waals surface area (Å²) in [6.45, 7) is 0. The molecule has 84 valence electrons. The zero-order chi connectivity index (χ0) is 11.6. The fourth-order valence-electron chi connectivity index (χ4n) is 1.04. The molecular formula is C9H8BrClF3N. The van der Waals surface area contributed by atoms with Gasteiger partial charge in [-0.2, -0.15) is 13.2 Å². The van der Waals surface area contributed by atoms with Crippen LogP contribution >= 0.6 is 27.5 Å². The third kappa shape index (κ3) is 3.66. The molecule has 6 heteroatoms. The van der Waals surface area contributed by atoms with Crippen molar-refractivity contribution in [2.75, 3.05) is 0 Å². The van der Waals surface area contributed by atoms with Crippen LogP contribution in [0.15, 0.2) is 22.7 Å². The van der Waals surface area contributed by atoms with Crippen LogP contribution in [-0.2, 0) is 6.42 Å². The first kappa shape index (κ1) is 12.8. The van der Waals surface area contributed by atoms with Gasteiger partial charge < -0.3 is 5.73 Å². The fraction of sp³-hybridized carbons (Fsp3) is 0.333. The van der Waals surface area contributed by atoms with Crippen LogP contribution in [0.2, 0.25) is 5.02 Å². The van der Waals surface area contributed by atoms with Gasteiger partial charge in [0.05, 0.1) is 5.02 Å². The smallest absolute Gasteiger partial charge is 0.320 e. The molecule has 0 amide bonds. The summed E-state index contributed by atoms with van der Waals surface area (Å²) < 4.78 is 37.0. The molecule has 0 aromatic heterocycles. The van der Waals surface area contributed by atoms with Gasteiger partial charge in [0, 0.05) is 4.47 Å². The minimum absolute atomic E-state index is 0.251. The van der Waals surface area contributed by atoms with Crippen LogP contribution in [0.25, 0.3) is 0 Å². The molecule has 0 aliphatic carbocycles. The molecule has 0 saturated carbocycles. The van der Waals surface area contributed by atoms with Crippen LogP contribution < -0.4 is 5.73 Å². The Morgan fingerprint density at radius 2 is 2.00 bits per heavy atom. The Hall–Kier alpha value is -0.260. The first-order valence-corrected chi connectivity index (χ1v) is 5.24. The molecular weight excluding hydrogens is 294 g/mol. The molecule has 0 aliphatic heterocycles. The molecule has 0 spiro atoms. The number of hydrogen-bond donors (Lipinski definition) is 1. The summed E-state index contributed by atoms with van der Waals surface area (Å²) in [5, 5.41) is 0.458. The van der Waals surface area contributed by atoms with E-state index in [1.165, 1.54) is 18.2 Å². The molecule has 0 fully saturated rings. The molecule has 1 rings (SSSR count). The van der Waals surface area contributed by atoms with E-state index in [-0.39, 0.29) is 6.42 Å². The second kappa shape index (κ2) is 4.72. The highest BCUT2D eigenvalue weighted by Crippen LogP contribution is 2.26. The average molecular weight is 303 g/mol. The Morgan fingerprint density at radius 1 is 1.40 bits per heavy atom. The van der Waals surface area contributed by atoms with Gasteiger partial charge in [0.15, 0.2) is 0 Å². The van der Waals surface area contributed by atoms with Crippen molar-refractivity contribution in [3.05, 3.63) is 33.3 Å². The average Bonchev–Trinajstić information content (AvgIpc) is 2.10. The van der Waals surface area contributed by atoms with Crippen LogP contribution in [0.1, 0.15) is 5.56 Å². The predicted molar refractivity (Wildman–Crippen MR) is 56.9 cm³/mol. The van der Waals surface area contributed by atoms with Crippen molar-refractivity contribution in [2.24, 2.45) is 5.73 Å². The lowest BCUT2D eigenvalue weighted by atomic mass is 10.1. The van der Waals surface area contributed by atoms with E-state index in [0.29, 0.717) is 15.1 Å². The topological polar surface area (TPSA) is 26.0 Å². The first-order chi connectivity index (χ1) is 6.80. The summed E-state index contributed by atoms with van der Waals surface area (Å²) in [6.07, 6.45) is -4.62. The SMILES string of the molecule is NC(Cc1ccc(Cl)c(Br)c1)C(F)(F)F. The lowest BCUT2D eigenvalue weighted by Crippen LogP contribution is -2.39. The van der Waals surface area contributed by atoms with E-state index in [2.05, 4.69) is 15.9 Å². The predicted octanol–water partition coefficient (Wildman–Crippen LogP) is 3.53. The van der Waals surface area contributed by atoms with Crippen molar-refractivity contribution in [2.45, 2.75) is 18.6 Å². The molecule has 1 atom stereocenters. The Kier molecular flexibility index (Phi) is 4.03. The second-order valence-electron chi connectivity index (χ2n) is 3.10. The summed E-state index contributed by atoms with van der Waals surface area (Å²) in [5.41, 5.74) is 5.49. The Morgan fingerprint density at radius 3 is 2.47 bits per heavy atom.